The lowest BCUT2D eigenvalue weighted by atomic mass is 10.2. The van der Waals surface area contributed by atoms with E-state index in [9.17, 15) is 4.39 Å². The quantitative estimate of drug-likeness (QED) is 0.942. The van der Waals surface area contributed by atoms with E-state index in [-0.39, 0.29) is 5.82 Å². The first-order valence-electron chi connectivity index (χ1n) is 5.18. The van der Waals surface area contributed by atoms with E-state index in [4.69, 9.17) is 10.2 Å². The van der Waals surface area contributed by atoms with E-state index < -0.39 is 0 Å². The Morgan fingerprint density at radius 3 is 2.88 bits per heavy atom. The highest BCUT2D eigenvalue weighted by atomic mass is 79.9. The Labute approximate surface area is 106 Å². The number of rotatable bonds is 4. The Kier molecular flexibility index (Phi) is 3.86. The molecule has 0 saturated carbocycles. The zero-order chi connectivity index (χ0) is 12.3. The van der Waals surface area contributed by atoms with Crippen LogP contribution >= 0.6 is 15.9 Å². The maximum Gasteiger partial charge on any atom is 0.248 e. The van der Waals surface area contributed by atoms with Gasteiger partial charge in [-0.2, -0.15) is 0 Å². The molecule has 1 heterocycles. The Balaban J connectivity index is 2.24. The molecule has 0 spiro atoms. The SMILES string of the molecule is NCCCc1nnc(-c2ccc(F)cc2Br)o1. The van der Waals surface area contributed by atoms with E-state index >= 15 is 0 Å². The third-order valence-electron chi connectivity index (χ3n) is 2.22. The third kappa shape index (κ3) is 2.89. The second-order valence-electron chi connectivity index (χ2n) is 3.52. The highest BCUT2D eigenvalue weighted by Crippen LogP contribution is 2.27. The zero-order valence-corrected chi connectivity index (χ0v) is 10.6. The number of aryl methyl sites for hydroxylation is 1. The van der Waals surface area contributed by atoms with Gasteiger partial charge in [0.15, 0.2) is 0 Å². The predicted molar refractivity (Wildman–Crippen MR) is 64.8 cm³/mol. The van der Waals surface area contributed by atoms with Gasteiger partial charge in [0, 0.05) is 10.9 Å². The van der Waals surface area contributed by atoms with Crippen LogP contribution in [0.5, 0.6) is 0 Å². The van der Waals surface area contributed by atoms with Gasteiger partial charge in [-0.15, -0.1) is 10.2 Å². The fourth-order valence-corrected chi connectivity index (χ4v) is 1.90. The maximum absolute atomic E-state index is 12.9. The molecule has 0 bridgehead atoms. The number of aromatic nitrogens is 2. The fourth-order valence-electron chi connectivity index (χ4n) is 1.38. The van der Waals surface area contributed by atoms with Crippen molar-refractivity contribution in [1.29, 1.82) is 0 Å². The van der Waals surface area contributed by atoms with Crippen molar-refractivity contribution in [1.82, 2.24) is 10.2 Å². The second kappa shape index (κ2) is 5.37. The first-order valence-corrected chi connectivity index (χ1v) is 5.98. The molecule has 0 amide bonds. The minimum absolute atomic E-state index is 0.316. The first-order chi connectivity index (χ1) is 8.20. The lowest BCUT2D eigenvalue weighted by Crippen LogP contribution is -2.00. The molecule has 6 heteroatoms. The molecule has 0 saturated heterocycles. The van der Waals surface area contributed by atoms with Crippen LogP contribution in [0, 0.1) is 5.82 Å². The standard InChI is InChI=1S/C11H11BrFN3O/c12-9-6-7(13)3-4-8(9)11-16-15-10(17-11)2-1-5-14/h3-4,6H,1-2,5,14H2. The number of nitrogens with two attached hydrogens (primary N) is 1. The summed E-state index contributed by atoms with van der Waals surface area (Å²) in [6.07, 6.45) is 1.45. The Hall–Kier alpha value is -1.27. The van der Waals surface area contributed by atoms with Crippen LogP contribution < -0.4 is 5.73 Å². The minimum atomic E-state index is -0.316. The molecule has 1 aromatic heterocycles. The van der Waals surface area contributed by atoms with Crippen LogP contribution in [-0.4, -0.2) is 16.7 Å². The van der Waals surface area contributed by atoms with Gasteiger partial charge in [0.05, 0.1) is 5.56 Å². The van der Waals surface area contributed by atoms with Crippen molar-refractivity contribution in [2.75, 3.05) is 6.54 Å². The number of hydrogen-bond acceptors (Lipinski definition) is 4. The van der Waals surface area contributed by atoms with Gasteiger partial charge in [-0.25, -0.2) is 4.39 Å². The van der Waals surface area contributed by atoms with Crippen LogP contribution in [0.1, 0.15) is 12.3 Å². The molecule has 2 N–H and O–H groups in total. The summed E-state index contributed by atoms with van der Waals surface area (Å²) >= 11 is 3.26. The molecule has 0 aliphatic rings. The van der Waals surface area contributed by atoms with E-state index in [0.717, 1.165) is 6.42 Å². The van der Waals surface area contributed by atoms with Crippen LogP contribution in [0.15, 0.2) is 27.1 Å². The molecule has 0 atom stereocenters. The van der Waals surface area contributed by atoms with Gasteiger partial charge in [0.1, 0.15) is 5.82 Å². The van der Waals surface area contributed by atoms with E-state index in [1.807, 2.05) is 0 Å². The van der Waals surface area contributed by atoms with Crippen LogP contribution in [-0.2, 0) is 6.42 Å². The summed E-state index contributed by atoms with van der Waals surface area (Å²) < 4.78 is 19.0. The average molecular weight is 300 g/mol. The summed E-state index contributed by atoms with van der Waals surface area (Å²) in [5.74, 6) is 0.606. The molecule has 1 aromatic carbocycles. The van der Waals surface area contributed by atoms with Crippen molar-refractivity contribution in [3.05, 3.63) is 34.4 Å². The van der Waals surface area contributed by atoms with Gasteiger partial charge in [-0.3, -0.25) is 0 Å². The van der Waals surface area contributed by atoms with Gasteiger partial charge in [0.25, 0.3) is 0 Å². The highest BCUT2D eigenvalue weighted by Gasteiger charge is 2.11. The Bertz CT molecular complexity index is 515. The van der Waals surface area contributed by atoms with Crippen molar-refractivity contribution in [3.63, 3.8) is 0 Å². The van der Waals surface area contributed by atoms with Crippen molar-refractivity contribution >= 4 is 15.9 Å². The third-order valence-corrected chi connectivity index (χ3v) is 2.88. The Morgan fingerprint density at radius 2 is 2.18 bits per heavy atom. The predicted octanol–water partition coefficient (Wildman–Crippen LogP) is 2.53. The van der Waals surface area contributed by atoms with Crippen LogP contribution in [0.3, 0.4) is 0 Å². The molecular weight excluding hydrogens is 289 g/mol. The summed E-state index contributed by atoms with van der Waals surface area (Å²) in [6, 6.07) is 4.31. The smallest absolute Gasteiger partial charge is 0.248 e. The number of benzene rings is 1. The molecule has 0 radical (unpaired) electrons. The number of nitrogens with zero attached hydrogens (tertiary/aromatic N) is 2. The molecular formula is C11H11BrFN3O. The van der Waals surface area contributed by atoms with Crippen molar-refractivity contribution < 1.29 is 8.81 Å². The molecule has 0 aliphatic carbocycles. The molecule has 0 unspecified atom stereocenters. The van der Waals surface area contributed by atoms with Crippen molar-refractivity contribution in [2.24, 2.45) is 5.73 Å². The summed E-state index contributed by atoms with van der Waals surface area (Å²) in [5, 5.41) is 7.83. The minimum Gasteiger partial charge on any atom is -0.421 e. The largest absolute Gasteiger partial charge is 0.421 e. The average Bonchev–Trinajstić information content (AvgIpc) is 2.75. The lowest BCUT2D eigenvalue weighted by molar-refractivity contribution is 0.498. The summed E-state index contributed by atoms with van der Waals surface area (Å²) in [5.41, 5.74) is 6.07. The lowest BCUT2D eigenvalue weighted by Gasteiger charge is -1.98. The highest BCUT2D eigenvalue weighted by molar-refractivity contribution is 9.10. The molecule has 0 fully saturated rings. The molecule has 0 aliphatic heterocycles. The fraction of sp³-hybridized carbons (Fsp3) is 0.273. The van der Waals surface area contributed by atoms with Gasteiger partial charge >= 0.3 is 0 Å². The normalized spacial score (nSPS) is 10.8. The molecule has 4 nitrogen and oxygen atoms in total. The van der Waals surface area contributed by atoms with Crippen molar-refractivity contribution in [2.45, 2.75) is 12.8 Å². The van der Waals surface area contributed by atoms with E-state index in [1.165, 1.54) is 12.1 Å². The van der Waals surface area contributed by atoms with Gasteiger partial charge in [-0.05, 0) is 47.1 Å². The van der Waals surface area contributed by atoms with Crippen molar-refractivity contribution in [3.8, 4) is 11.5 Å². The van der Waals surface area contributed by atoms with Gasteiger partial charge < -0.3 is 10.2 Å². The molecule has 90 valence electrons. The molecule has 17 heavy (non-hydrogen) atoms. The summed E-state index contributed by atoms with van der Waals surface area (Å²) in [4.78, 5) is 0. The monoisotopic (exact) mass is 299 g/mol. The van der Waals surface area contributed by atoms with Crippen LogP contribution in [0.2, 0.25) is 0 Å². The van der Waals surface area contributed by atoms with Gasteiger partial charge in [0.2, 0.25) is 11.8 Å². The second-order valence-corrected chi connectivity index (χ2v) is 4.37. The van der Waals surface area contributed by atoms with Gasteiger partial charge in [-0.1, -0.05) is 0 Å². The van der Waals surface area contributed by atoms with Crippen LogP contribution in [0.4, 0.5) is 4.39 Å². The topological polar surface area (TPSA) is 64.9 Å². The summed E-state index contributed by atoms with van der Waals surface area (Å²) in [6.45, 7) is 0.581. The molecule has 2 rings (SSSR count). The van der Waals surface area contributed by atoms with Crippen LogP contribution in [0.25, 0.3) is 11.5 Å². The molecule has 2 aromatic rings. The number of halogens is 2. The maximum atomic E-state index is 12.9. The number of hydrogen-bond donors (Lipinski definition) is 1. The van der Waals surface area contributed by atoms with E-state index in [2.05, 4.69) is 26.1 Å². The zero-order valence-electron chi connectivity index (χ0n) is 8.99. The van der Waals surface area contributed by atoms with E-state index in [0.29, 0.717) is 34.8 Å². The Morgan fingerprint density at radius 1 is 1.35 bits per heavy atom. The first kappa shape index (κ1) is 12.2. The van der Waals surface area contributed by atoms with E-state index in [1.54, 1.807) is 6.07 Å². The summed E-state index contributed by atoms with van der Waals surface area (Å²) in [7, 11) is 0.